The zero-order chi connectivity index (χ0) is 22.1. The van der Waals surface area contributed by atoms with Crippen LogP contribution in [-0.4, -0.2) is 53.0 Å². The van der Waals surface area contributed by atoms with Crippen LogP contribution in [0.3, 0.4) is 0 Å². The van der Waals surface area contributed by atoms with Crippen molar-refractivity contribution in [2.75, 3.05) is 36.9 Å². The predicted molar refractivity (Wildman–Crippen MR) is 119 cm³/mol. The summed E-state index contributed by atoms with van der Waals surface area (Å²) in [5, 5.41) is 3.03. The number of nitrogens with one attached hydrogen (secondary N) is 1. The van der Waals surface area contributed by atoms with Gasteiger partial charge in [0.05, 0.1) is 18.5 Å². The molecule has 31 heavy (non-hydrogen) atoms. The standard InChI is InChI=1S/C23H28N2O5S/c1-17-8-9-20-19(14-17)25(31(2,27)28)15-21(30-20)22(26)24-16-23(10-12-29-13-11-23)18-6-4-3-5-7-18/h3-9,14,21H,10-13,15-16H2,1-2H3,(H,24,26)/t21-/m0/s1. The summed E-state index contributed by atoms with van der Waals surface area (Å²) in [4.78, 5) is 13.1. The summed E-state index contributed by atoms with van der Waals surface area (Å²) in [7, 11) is -3.56. The van der Waals surface area contributed by atoms with Crippen LogP contribution in [0.1, 0.15) is 24.0 Å². The third kappa shape index (κ3) is 4.55. The molecule has 1 fully saturated rings. The van der Waals surface area contributed by atoms with Gasteiger partial charge in [0.25, 0.3) is 5.91 Å². The van der Waals surface area contributed by atoms with E-state index in [0.29, 0.717) is 31.2 Å². The Morgan fingerprint density at radius 3 is 2.55 bits per heavy atom. The molecule has 0 spiro atoms. The largest absolute Gasteiger partial charge is 0.476 e. The number of aryl methyl sites for hydroxylation is 1. The molecule has 2 aliphatic rings. The Morgan fingerprint density at radius 2 is 1.87 bits per heavy atom. The lowest BCUT2D eigenvalue weighted by Gasteiger charge is -2.39. The second kappa shape index (κ2) is 8.51. The van der Waals surface area contributed by atoms with Crippen LogP contribution >= 0.6 is 0 Å². The molecule has 1 atom stereocenters. The van der Waals surface area contributed by atoms with Gasteiger partial charge in [-0.25, -0.2) is 8.42 Å². The second-order valence-corrected chi connectivity index (χ2v) is 10.3. The highest BCUT2D eigenvalue weighted by molar-refractivity contribution is 7.92. The van der Waals surface area contributed by atoms with Gasteiger partial charge in [-0.15, -0.1) is 0 Å². The van der Waals surface area contributed by atoms with Crippen LogP contribution < -0.4 is 14.4 Å². The molecular weight excluding hydrogens is 416 g/mol. The predicted octanol–water partition coefficient (Wildman–Crippen LogP) is 2.39. The van der Waals surface area contributed by atoms with Crippen LogP contribution in [-0.2, 0) is 25.0 Å². The maximum absolute atomic E-state index is 13.1. The molecular formula is C23H28N2O5S. The van der Waals surface area contributed by atoms with Crippen molar-refractivity contribution in [1.82, 2.24) is 5.32 Å². The van der Waals surface area contributed by atoms with Gasteiger partial charge in [-0.05, 0) is 43.0 Å². The third-order valence-corrected chi connectivity index (χ3v) is 7.26. The van der Waals surface area contributed by atoms with Crippen LogP contribution in [0.5, 0.6) is 5.75 Å². The van der Waals surface area contributed by atoms with Gasteiger partial charge in [-0.2, -0.15) is 0 Å². The molecule has 0 bridgehead atoms. The Bertz CT molecular complexity index is 1050. The van der Waals surface area contributed by atoms with E-state index in [9.17, 15) is 13.2 Å². The smallest absolute Gasteiger partial charge is 0.263 e. The van der Waals surface area contributed by atoms with E-state index in [0.717, 1.165) is 24.7 Å². The molecule has 0 saturated carbocycles. The number of sulfonamides is 1. The number of amides is 1. The number of anilines is 1. The minimum atomic E-state index is -3.56. The van der Waals surface area contributed by atoms with Gasteiger partial charge in [0.1, 0.15) is 5.75 Å². The van der Waals surface area contributed by atoms with Crippen molar-refractivity contribution in [1.29, 1.82) is 0 Å². The Balaban J connectivity index is 1.53. The zero-order valence-electron chi connectivity index (χ0n) is 17.8. The summed E-state index contributed by atoms with van der Waals surface area (Å²) in [6.45, 7) is 3.55. The number of carbonyl (C=O) groups excluding carboxylic acids is 1. The van der Waals surface area contributed by atoms with Gasteiger partial charge in [0.2, 0.25) is 10.0 Å². The Morgan fingerprint density at radius 1 is 1.16 bits per heavy atom. The third-order valence-electron chi connectivity index (χ3n) is 6.11. The fraction of sp³-hybridized carbons (Fsp3) is 0.435. The minimum absolute atomic E-state index is 0.0530. The highest BCUT2D eigenvalue weighted by Gasteiger charge is 2.38. The molecule has 1 N–H and O–H groups in total. The summed E-state index contributed by atoms with van der Waals surface area (Å²) >= 11 is 0. The molecule has 2 aromatic carbocycles. The number of nitrogens with zero attached hydrogens (tertiary/aromatic N) is 1. The summed E-state index contributed by atoms with van der Waals surface area (Å²) in [5.41, 5.74) is 2.34. The average molecular weight is 445 g/mol. The SMILES string of the molecule is Cc1ccc2c(c1)N(S(C)(=O)=O)C[C@@H](C(=O)NCC1(c3ccccc3)CCOCC1)O2. The lowest BCUT2D eigenvalue weighted by atomic mass is 9.74. The molecule has 1 saturated heterocycles. The van der Waals surface area contributed by atoms with Crippen molar-refractivity contribution < 1.29 is 22.7 Å². The van der Waals surface area contributed by atoms with Crippen molar-refractivity contribution in [3.8, 4) is 5.75 Å². The first-order valence-electron chi connectivity index (χ1n) is 10.4. The molecule has 0 aliphatic carbocycles. The second-order valence-electron chi connectivity index (χ2n) is 8.35. The van der Waals surface area contributed by atoms with Gasteiger partial charge < -0.3 is 14.8 Å². The quantitative estimate of drug-likeness (QED) is 0.766. The molecule has 2 heterocycles. The van der Waals surface area contributed by atoms with Gasteiger partial charge in [-0.1, -0.05) is 36.4 Å². The molecule has 166 valence electrons. The Hall–Kier alpha value is -2.58. The maximum atomic E-state index is 13.1. The number of rotatable bonds is 5. The lowest BCUT2D eigenvalue weighted by Crippen LogP contribution is -2.53. The molecule has 8 heteroatoms. The van der Waals surface area contributed by atoms with E-state index in [2.05, 4.69) is 17.4 Å². The van der Waals surface area contributed by atoms with Gasteiger partial charge in [0, 0.05) is 25.2 Å². The fourth-order valence-electron chi connectivity index (χ4n) is 4.30. The van der Waals surface area contributed by atoms with E-state index >= 15 is 0 Å². The number of benzene rings is 2. The van der Waals surface area contributed by atoms with E-state index in [1.807, 2.05) is 31.2 Å². The van der Waals surface area contributed by atoms with Gasteiger partial charge >= 0.3 is 0 Å². The van der Waals surface area contributed by atoms with E-state index in [1.165, 1.54) is 9.87 Å². The van der Waals surface area contributed by atoms with Crippen LogP contribution in [0, 0.1) is 6.92 Å². The van der Waals surface area contributed by atoms with Crippen molar-refractivity contribution in [3.63, 3.8) is 0 Å². The van der Waals surface area contributed by atoms with Crippen molar-refractivity contribution in [2.24, 2.45) is 0 Å². The van der Waals surface area contributed by atoms with Crippen LogP contribution in [0.25, 0.3) is 0 Å². The van der Waals surface area contributed by atoms with Crippen LogP contribution in [0.15, 0.2) is 48.5 Å². The monoisotopic (exact) mass is 444 g/mol. The first kappa shape index (κ1) is 21.6. The Labute approximate surface area is 183 Å². The molecule has 1 amide bonds. The van der Waals surface area contributed by atoms with Crippen molar-refractivity contribution in [3.05, 3.63) is 59.7 Å². The summed E-state index contributed by atoms with van der Waals surface area (Å²) < 4.78 is 37.5. The topological polar surface area (TPSA) is 84.9 Å². The van der Waals surface area contributed by atoms with E-state index in [4.69, 9.17) is 9.47 Å². The molecule has 0 radical (unpaired) electrons. The number of fused-ring (bicyclic) bond motifs is 1. The first-order valence-corrected chi connectivity index (χ1v) is 12.3. The first-order chi connectivity index (χ1) is 14.8. The maximum Gasteiger partial charge on any atom is 0.263 e. The minimum Gasteiger partial charge on any atom is -0.476 e. The van der Waals surface area contributed by atoms with E-state index in [1.54, 1.807) is 12.1 Å². The number of hydrogen-bond acceptors (Lipinski definition) is 5. The highest BCUT2D eigenvalue weighted by Crippen LogP contribution is 2.37. The molecule has 2 aliphatic heterocycles. The highest BCUT2D eigenvalue weighted by atomic mass is 32.2. The molecule has 0 aromatic heterocycles. The lowest BCUT2D eigenvalue weighted by molar-refractivity contribution is -0.128. The zero-order valence-corrected chi connectivity index (χ0v) is 18.7. The van der Waals surface area contributed by atoms with Gasteiger partial charge in [0.15, 0.2) is 6.10 Å². The Kier molecular flexibility index (Phi) is 5.94. The van der Waals surface area contributed by atoms with Crippen molar-refractivity contribution in [2.45, 2.75) is 31.3 Å². The summed E-state index contributed by atoms with van der Waals surface area (Å²) in [6, 6.07) is 15.5. The average Bonchev–Trinajstić information content (AvgIpc) is 2.77. The summed E-state index contributed by atoms with van der Waals surface area (Å²) in [5.74, 6) is 0.0768. The molecule has 7 nitrogen and oxygen atoms in total. The van der Waals surface area contributed by atoms with Crippen LogP contribution in [0.2, 0.25) is 0 Å². The molecule has 2 aromatic rings. The molecule has 0 unspecified atom stereocenters. The number of hydrogen-bond donors (Lipinski definition) is 1. The number of carbonyl (C=O) groups is 1. The molecule has 4 rings (SSSR count). The summed E-state index contributed by atoms with van der Waals surface area (Å²) in [6.07, 6.45) is 1.84. The van der Waals surface area contributed by atoms with Gasteiger partial charge in [-0.3, -0.25) is 9.10 Å². The van der Waals surface area contributed by atoms with E-state index in [-0.39, 0.29) is 17.9 Å². The van der Waals surface area contributed by atoms with Crippen LogP contribution in [0.4, 0.5) is 5.69 Å². The number of ether oxygens (including phenoxy) is 2. The normalized spacial score (nSPS) is 20.5. The fourth-order valence-corrected chi connectivity index (χ4v) is 5.21. The van der Waals surface area contributed by atoms with E-state index < -0.39 is 16.1 Å². The van der Waals surface area contributed by atoms with Crippen molar-refractivity contribution >= 4 is 21.6 Å².